The predicted octanol–water partition coefficient (Wildman–Crippen LogP) is 3.29. The van der Waals surface area contributed by atoms with Crippen molar-refractivity contribution >= 4 is 23.6 Å². The van der Waals surface area contributed by atoms with E-state index in [1.807, 2.05) is 23.9 Å². The lowest BCUT2D eigenvalue weighted by Gasteiger charge is -2.11. The largest absolute Gasteiger partial charge is 0.373 e. The fraction of sp³-hybridized carbons (Fsp3) is 0.250. The van der Waals surface area contributed by atoms with E-state index in [9.17, 15) is 0 Å². The summed E-state index contributed by atoms with van der Waals surface area (Å²) in [7, 11) is 0. The summed E-state index contributed by atoms with van der Waals surface area (Å²) in [5.41, 5.74) is 7.14. The van der Waals surface area contributed by atoms with Crippen molar-refractivity contribution in [2.45, 2.75) is 25.2 Å². The first kappa shape index (κ1) is 17.0. The SMILES string of the molecule is C=C1C=CC(c2ccc(SCCC)c(C)c2)=NN1.O=C=O. The number of rotatable bonds is 4. The minimum absolute atomic E-state index is 0.250. The molecule has 0 atom stereocenters. The third-order valence-corrected chi connectivity index (χ3v) is 4.08. The molecule has 0 aliphatic carbocycles. The van der Waals surface area contributed by atoms with Crippen LogP contribution in [0.4, 0.5) is 0 Å². The Morgan fingerprint density at radius 3 is 2.57 bits per heavy atom. The highest BCUT2D eigenvalue weighted by Crippen LogP contribution is 2.24. The maximum atomic E-state index is 8.12. The van der Waals surface area contributed by atoms with Crippen LogP contribution in [0.1, 0.15) is 24.5 Å². The van der Waals surface area contributed by atoms with Crippen LogP contribution >= 0.6 is 11.8 Å². The van der Waals surface area contributed by atoms with Gasteiger partial charge in [0.05, 0.1) is 5.71 Å². The van der Waals surface area contributed by atoms with Crippen molar-refractivity contribution in [2.75, 3.05) is 5.75 Å². The summed E-state index contributed by atoms with van der Waals surface area (Å²) in [6.07, 6.45) is 5.39. The van der Waals surface area contributed by atoms with Gasteiger partial charge >= 0.3 is 6.15 Å². The average Bonchev–Trinajstić information content (AvgIpc) is 2.47. The Hall–Kier alpha value is -2.10. The third-order valence-electron chi connectivity index (χ3n) is 2.69. The van der Waals surface area contributed by atoms with E-state index in [-0.39, 0.29) is 6.15 Å². The molecule has 0 aromatic heterocycles. The van der Waals surface area contributed by atoms with E-state index in [2.05, 4.69) is 49.2 Å². The van der Waals surface area contributed by atoms with Crippen LogP contribution in [0, 0.1) is 6.92 Å². The number of allylic oxidation sites excluding steroid dienone is 2. The molecule has 1 heterocycles. The third kappa shape index (κ3) is 5.42. The zero-order valence-corrected chi connectivity index (χ0v) is 13.0. The van der Waals surface area contributed by atoms with E-state index in [0.717, 1.165) is 17.0 Å². The van der Waals surface area contributed by atoms with Crippen molar-refractivity contribution < 1.29 is 9.59 Å². The molecule has 0 saturated heterocycles. The molecule has 1 aliphatic rings. The van der Waals surface area contributed by atoms with E-state index in [0.29, 0.717) is 0 Å². The Bertz CT molecular complexity index is 600. The molecule has 5 heteroatoms. The summed E-state index contributed by atoms with van der Waals surface area (Å²) >= 11 is 1.92. The number of hydrazone groups is 1. The number of thioether (sulfide) groups is 1. The summed E-state index contributed by atoms with van der Waals surface area (Å²) in [5, 5.41) is 4.29. The molecule has 0 fully saturated rings. The van der Waals surface area contributed by atoms with E-state index >= 15 is 0 Å². The molecule has 0 amide bonds. The topological polar surface area (TPSA) is 58.5 Å². The van der Waals surface area contributed by atoms with E-state index in [4.69, 9.17) is 9.59 Å². The van der Waals surface area contributed by atoms with Gasteiger partial charge in [0.1, 0.15) is 0 Å². The number of nitrogens with one attached hydrogen (secondary N) is 1. The minimum atomic E-state index is 0.250. The normalized spacial score (nSPS) is 12.7. The molecule has 0 unspecified atom stereocenters. The summed E-state index contributed by atoms with van der Waals surface area (Å²) in [5.74, 6) is 1.17. The van der Waals surface area contributed by atoms with Crippen LogP contribution < -0.4 is 5.43 Å². The van der Waals surface area contributed by atoms with Crippen LogP contribution in [-0.2, 0) is 9.59 Å². The van der Waals surface area contributed by atoms with Gasteiger partial charge in [-0.15, -0.1) is 11.8 Å². The van der Waals surface area contributed by atoms with Crippen LogP contribution in [0.2, 0.25) is 0 Å². The first-order valence-electron chi connectivity index (χ1n) is 6.56. The molecular weight excluding hydrogens is 284 g/mol. The molecule has 0 bridgehead atoms. The molecule has 0 saturated carbocycles. The van der Waals surface area contributed by atoms with Crippen LogP contribution in [0.15, 0.2) is 52.6 Å². The summed E-state index contributed by atoms with van der Waals surface area (Å²) in [4.78, 5) is 17.6. The van der Waals surface area contributed by atoms with E-state index in [1.165, 1.54) is 22.6 Å². The van der Waals surface area contributed by atoms with Gasteiger partial charge in [-0.25, -0.2) is 0 Å². The van der Waals surface area contributed by atoms with E-state index in [1.54, 1.807) is 0 Å². The van der Waals surface area contributed by atoms with Gasteiger partial charge in [0.25, 0.3) is 0 Å². The molecule has 1 aliphatic heterocycles. The quantitative estimate of drug-likeness (QED) is 0.867. The molecule has 110 valence electrons. The highest BCUT2D eigenvalue weighted by Gasteiger charge is 2.06. The van der Waals surface area contributed by atoms with Crippen molar-refractivity contribution in [3.8, 4) is 0 Å². The molecule has 0 spiro atoms. The molecule has 1 N–H and O–H groups in total. The zero-order valence-electron chi connectivity index (χ0n) is 12.2. The summed E-state index contributed by atoms with van der Waals surface area (Å²) in [6.45, 7) is 8.16. The number of carbonyl (C=O) groups excluding carboxylic acids is 2. The smallest absolute Gasteiger partial charge is 0.279 e. The van der Waals surface area contributed by atoms with Gasteiger partial charge in [-0.1, -0.05) is 19.6 Å². The zero-order chi connectivity index (χ0) is 15.7. The minimum Gasteiger partial charge on any atom is -0.279 e. The summed E-state index contributed by atoms with van der Waals surface area (Å²) < 4.78 is 0. The molecule has 1 aromatic carbocycles. The molecule has 4 nitrogen and oxygen atoms in total. The number of benzene rings is 1. The standard InChI is InChI=1S/C15H18N2S.CO2/c1-4-9-18-15-8-6-13(10-11(15)2)14-7-5-12(3)16-17-14;2-1-3/h5-8,10,16H,3-4,9H2,1-2H3;. The van der Waals surface area contributed by atoms with Crippen LogP contribution in [0.5, 0.6) is 0 Å². The molecule has 1 aromatic rings. The van der Waals surface area contributed by atoms with Crippen LogP contribution in [0.3, 0.4) is 0 Å². The van der Waals surface area contributed by atoms with Gasteiger partial charge in [0.2, 0.25) is 0 Å². The lowest BCUT2D eigenvalue weighted by atomic mass is 10.1. The van der Waals surface area contributed by atoms with Gasteiger partial charge < -0.3 is 0 Å². The second-order valence-electron chi connectivity index (χ2n) is 4.38. The van der Waals surface area contributed by atoms with Gasteiger partial charge in [-0.2, -0.15) is 14.7 Å². The molecule has 0 radical (unpaired) electrons. The summed E-state index contributed by atoms with van der Waals surface area (Å²) in [6, 6.07) is 6.51. The van der Waals surface area contributed by atoms with Crippen molar-refractivity contribution in [2.24, 2.45) is 5.10 Å². The maximum Gasteiger partial charge on any atom is 0.373 e. The maximum absolute atomic E-state index is 8.12. The monoisotopic (exact) mass is 302 g/mol. The van der Waals surface area contributed by atoms with Crippen molar-refractivity contribution in [3.05, 3.63) is 53.8 Å². The Morgan fingerprint density at radius 2 is 2.05 bits per heavy atom. The van der Waals surface area contributed by atoms with Crippen molar-refractivity contribution in [1.29, 1.82) is 0 Å². The lowest BCUT2D eigenvalue weighted by Crippen LogP contribution is -2.12. The van der Waals surface area contributed by atoms with Gasteiger partial charge in [-0.05, 0) is 48.9 Å². The second kappa shape index (κ2) is 8.95. The number of hydrogen-bond donors (Lipinski definition) is 1. The highest BCUT2D eigenvalue weighted by atomic mass is 32.2. The number of aryl methyl sites for hydroxylation is 1. The molecular formula is C16H18N2O2S. The number of hydrogen-bond acceptors (Lipinski definition) is 5. The Balaban J connectivity index is 0.000000677. The Morgan fingerprint density at radius 1 is 1.33 bits per heavy atom. The fourth-order valence-corrected chi connectivity index (χ4v) is 2.60. The van der Waals surface area contributed by atoms with Crippen LogP contribution in [-0.4, -0.2) is 17.6 Å². The fourth-order valence-electron chi connectivity index (χ4n) is 1.73. The first-order chi connectivity index (χ1) is 10.1. The molecule has 2 rings (SSSR count). The van der Waals surface area contributed by atoms with E-state index < -0.39 is 0 Å². The van der Waals surface area contributed by atoms with Gasteiger partial charge in [0, 0.05) is 16.2 Å². The second-order valence-corrected chi connectivity index (χ2v) is 5.52. The molecule has 21 heavy (non-hydrogen) atoms. The van der Waals surface area contributed by atoms with Gasteiger partial charge in [-0.3, -0.25) is 5.43 Å². The Kier molecular flexibility index (Phi) is 7.23. The Labute approximate surface area is 129 Å². The van der Waals surface area contributed by atoms with Gasteiger partial charge in [0.15, 0.2) is 0 Å². The van der Waals surface area contributed by atoms with Crippen LogP contribution in [0.25, 0.3) is 0 Å². The first-order valence-corrected chi connectivity index (χ1v) is 7.54. The number of nitrogens with zero attached hydrogens (tertiary/aromatic N) is 1. The lowest BCUT2D eigenvalue weighted by molar-refractivity contribution is -0.191. The average molecular weight is 302 g/mol. The highest BCUT2D eigenvalue weighted by molar-refractivity contribution is 7.99. The van der Waals surface area contributed by atoms with Crippen molar-refractivity contribution in [1.82, 2.24) is 5.43 Å². The predicted molar refractivity (Wildman–Crippen MR) is 85.2 cm³/mol. The van der Waals surface area contributed by atoms with Crippen molar-refractivity contribution in [3.63, 3.8) is 0 Å².